The monoisotopic (exact) mass is 155 g/mol. The van der Waals surface area contributed by atoms with Crippen molar-refractivity contribution in [3.8, 4) is 6.07 Å². The van der Waals surface area contributed by atoms with Gasteiger partial charge < -0.3 is 0 Å². The first-order valence-electron chi connectivity index (χ1n) is 4.38. The third-order valence-corrected chi connectivity index (χ3v) is 3.13. The number of nitriles is 1. The van der Waals surface area contributed by atoms with E-state index in [1.807, 2.05) is 0 Å². The number of rotatable bonds is 0. The van der Waals surface area contributed by atoms with Gasteiger partial charge in [-0.05, 0) is 17.8 Å². The topological polar surface area (TPSA) is 23.8 Å². The highest BCUT2D eigenvalue weighted by Gasteiger charge is 2.47. The lowest BCUT2D eigenvalue weighted by atomic mass is 10.0. The van der Waals surface area contributed by atoms with Gasteiger partial charge in [0.2, 0.25) is 0 Å². The van der Waals surface area contributed by atoms with E-state index in [-0.39, 0.29) is 5.92 Å². The summed E-state index contributed by atoms with van der Waals surface area (Å²) in [6, 6.07) is 2.29. The SMILES string of the molecule is N#CC1=CC2C3C=CC1C=CC32. The Bertz CT molecular complexity index is 334. The van der Waals surface area contributed by atoms with Crippen LogP contribution in [0.25, 0.3) is 0 Å². The van der Waals surface area contributed by atoms with E-state index in [1.165, 1.54) is 0 Å². The summed E-state index contributed by atoms with van der Waals surface area (Å²) in [6.45, 7) is 0. The Morgan fingerprint density at radius 3 is 2.25 bits per heavy atom. The van der Waals surface area contributed by atoms with E-state index >= 15 is 0 Å². The standard InChI is InChI=1S/C11H9N/c12-6-8-5-11-9-3-1-7(8)2-4-10(9)11/h1-5,7,9-11H. The summed E-state index contributed by atoms with van der Waals surface area (Å²) >= 11 is 0. The number of hydrogen-bond donors (Lipinski definition) is 0. The maximum atomic E-state index is 8.89. The lowest BCUT2D eigenvalue weighted by molar-refractivity contribution is 0.989. The van der Waals surface area contributed by atoms with Crippen molar-refractivity contribution in [1.82, 2.24) is 0 Å². The fourth-order valence-electron chi connectivity index (χ4n) is 2.32. The van der Waals surface area contributed by atoms with Gasteiger partial charge in [-0.2, -0.15) is 5.26 Å². The second kappa shape index (κ2) is 1.90. The summed E-state index contributed by atoms with van der Waals surface area (Å²) < 4.78 is 0. The van der Waals surface area contributed by atoms with Gasteiger partial charge in [-0.1, -0.05) is 30.4 Å². The smallest absolute Gasteiger partial charge is 0.0953 e. The quantitative estimate of drug-likeness (QED) is 0.491. The zero-order valence-electron chi connectivity index (χ0n) is 6.64. The van der Waals surface area contributed by atoms with Gasteiger partial charge in [0.25, 0.3) is 0 Å². The van der Waals surface area contributed by atoms with Gasteiger partial charge in [-0.25, -0.2) is 0 Å². The fraction of sp³-hybridized carbons (Fsp3) is 0.364. The average molecular weight is 155 g/mol. The predicted octanol–water partition coefficient (Wildman–Crippen LogP) is 2.05. The fourth-order valence-corrected chi connectivity index (χ4v) is 2.32. The highest BCUT2D eigenvalue weighted by molar-refractivity contribution is 5.42. The van der Waals surface area contributed by atoms with Crippen molar-refractivity contribution in [2.75, 3.05) is 0 Å². The normalized spacial score (nSPS) is 46.1. The molecule has 4 aliphatic rings. The minimum absolute atomic E-state index is 0.273. The van der Waals surface area contributed by atoms with Gasteiger partial charge in [0.05, 0.1) is 6.07 Å². The molecule has 0 aromatic heterocycles. The Balaban J connectivity index is 2.16. The van der Waals surface area contributed by atoms with Crippen LogP contribution < -0.4 is 0 Å². The minimum Gasteiger partial charge on any atom is -0.193 e. The second-order valence-electron chi connectivity index (χ2n) is 3.76. The van der Waals surface area contributed by atoms with Crippen molar-refractivity contribution in [3.05, 3.63) is 36.0 Å². The molecule has 1 heteroatoms. The molecule has 1 fully saturated rings. The van der Waals surface area contributed by atoms with Crippen LogP contribution in [0.2, 0.25) is 0 Å². The van der Waals surface area contributed by atoms with Gasteiger partial charge in [-0.3, -0.25) is 0 Å². The van der Waals surface area contributed by atoms with E-state index in [1.54, 1.807) is 0 Å². The van der Waals surface area contributed by atoms with E-state index in [0.717, 1.165) is 5.57 Å². The Morgan fingerprint density at radius 1 is 1.00 bits per heavy atom. The van der Waals surface area contributed by atoms with E-state index in [2.05, 4.69) is 36.4 Å². The molecule has 0 aromatic rings. The number of hydrogen-bond acceptors (Lipinski definition) is 1. The number of nitrogens with zero attached hydrogens (tertiary/aromatic N) is 1. The summed E-state index contributed by atoms with van der Waals surface area (Å²) in [5, 5.41) is 8.89. The maximum Gasteiger partial charge on any atom is 0.0953 e. The van der Waals surface area contributed by atoms with Crippen LogP contribution in [0, 0.1) is 35.0 Å². The molecule has 0 saturated heterocycles. The zero-order chi connectivity index (χ0) is 8.13. The molecule has 0 aromatic carbocycles. The van der Waals surface area contributed by atoms with Crippen LogP contribution in [0.3, 0.4) is 0 Å². The summed E-state index contributed by atoms with van der Waals surface area (Å²) in [6.07, 6.45) is 11.1. The third kappa shape index (κ3) is 0.628. The Morgan fingerprint density at radius 2 is 1.67 bits per heavy atom. The molecule has 4 aliphatic carbocycles. The summed E-state index contributed by atoms with van der Waals surface area (Å²) in [5.41, 5.74) is 0.940. The summed E-state index contributed by atoms with van der Waals surface area (Å²) in [5.74, 6) is 2.32. The second-order valence-corrected chi connectivity index (χ2v) is 3.76. The van der Waals surface area contributed by atoms with Crippen molar-refractivity contribution in [3.63, 3.8) is 0 Å². The first-order chi connectivity index (χ1) is 5.90. The zero-order valence-corrected chi connectivity index (χ0v) is 6.64. The molecule has 0 amide bonds. The molecule has 1 nitrogen and oxygen atoms in total. The Kier molecular flexibility index (Phi) is 0.988. The van der Waals surface area contributed by atoms with Crippen LogP contribution in [0.15, 0.2) is 36.0 Å². The lowest BCUT2D eigenvalue weighted by Crippen LogP contribution is -1.92. The molecular formula is C11H9N. The van der Waals surface area contributed by atoms with Crippen molar-refractivity contribution in [2.45, 2.75) is 0 Å². The van der Waals surface area contributed by atoms with Crippen LogP contribution in [-0.4, -0.2) is 0 Å². The van der Waals surface area contributed by atoms with Crippen molar-refractivity contribution < 1.29 is 0 Å². The molecule has 4 bridgehead atoms. The van der Waals surface area contributed by atoms with Gasteiger partial charge in [0, 0.05) is 11.5 Å². The molecule has 4 rings (SSSR count). The third-order valence-electron chi connectivity index (χ3n) is 3.13. The highest BCUT2D eigenvalue weighted by Crippen LogP contribution is 2.54. The van der Waals surface area contributed by atoms with Crippen molar-refractivity contribution in [1.29, 1.82) is 5.26 Å². The van der Waals surface area contributed by atoms with E-state index in [0.29, 0.717) is 17.8 Å². The molecular weight excluding hydrogens is 146 g/mol. The average Bonchev–Trinajstić information content (AvgIpc) is 2.82. The number of allylic oxidation sites excluding steroid dienone is 6. The molecule has 0 radical (unpaired) electrons. The highest BCUT2D eigenvalue weighted by atomic mass is 14.5. The molecule has 0 aliphatic heterocycles. The molecule has 0 spiro atoms. The molecule has 12 heavy (non-hydrogen) atoms. The van der Waals surface area contributed by atoms with Crippen LogP contribution in [0.4, 0.5) is 0 Å². The molecule has 2 atom stereocenters. The Labute approximate surface area is 71.7 Å². The minimum atomic E-state index is 0.273. The largest absolute Gasteiger partial charge is 0.193 e. The van der Waals surface area contributed by atoms with Crippen molar-refractivity contribution in [2.24, 2.45) is 23.7 Å². The molecule has 58 valence electrons. The first-order valence-corrected chi connectivity index (χ1v) is 4.38. The first kappa shape index (κ1) is 6.25. The van der Waals surface area contributed by atoms with Gasteiger partial charge in [-0.15, -0.1) is 0 Å². The Hall–Kier alpha value is -1.29. The lowest BCUT2D eigenvalue weighted by Gasteiger charge is -2.01. The molecule has 0 heterocycles. The predicted molar refractivity (Wildman–Crippen MR) is 45.9 cm³/mol. The van der Waals surface area contributed by atoms with Crippen LogP contribution in [-0.2, 0) is 0 Å². The van der Waals surface area contributed by atoms with E-state index in [9.17, 15) is 0 Å². The molecule has 2 unspecified atom stereocenters. The summed E-state index contributed by atoms with van der Waals surface area (Å²) in [4.78, 5) is 0. The van der Waals surface area contributed by atoms with E-state index < -0.39 is 0 Å². The van der Waals surface area contributed by atoms with Gasteiger partial charge in [0.15, 0.2) is 0 Å². The maximum absolute atomic E-state index is 8.89. The molecule has 1 saturated carbocycles. The van der Waals surface area contributed by atoms with Gasteiger partial charge >= 0.3 is 0 Å². The van der Waals surface area contributed by atoms with Crippen molar-refractivity contribution >= 4 is 0 Å². The van der Waals surface area contributed by atoms with Gasteiger partial charge in [0.1, 0.15) is 0 Å². The summed E-state index contributed by atoms with van der Waals surface area (Å²) in [7, 11) is 0. The van der Waals surface area contributed by atoms with Crippen LogP contribution >= 0.6 is 0 Å². The molecule has 0 N–H and O–H groups in total. The van der Waals surface area contributed by atoms with Crippen LogP contribution in [0.1, 0.15) is 0 Å². The van der Waals surface area contributed by atoms with E-state index in [4.69, 9.17) is 5.26 Å². The van der Waals surface area contributed by atoms with Crippen LogP contribution in [0.5, 0.6) is 0 Å².